The number of nitrogens with one attached hydrogen (secondary N) is 1. The normalized spacial score (nSPS) is 12.6. The molecule has 0 aliphatic carbocycles. The number of aryl methyl sites for hydroxylation is 1. The van der Waals surface area contributed by atoms with Crippen molar-refractivity contribution in [2.45, 2.75) is 39.7 Å². The SMILES string of the molecule is CCCNC(C)Cc1ccc(-c2ccc(F)c(C)c2)o1. The fraction of sp³-hybridized carbons (Fsp3) is 0.412. The Bertz CT molecular complexity index is 562. The molecule has 1 N–H and O–H groups in total. The zero-order valence-corrected chi connectivity index (χ0v) is 12.4. The first-order chi connectivity index (χ1) is 9.60. The predicted octanol–water partition coefficient (Wildman–Crippen LogP) is 4.32. The number of halogens is 1. The Morgan fingerprint density at radius 2 is 2.05 bits per heavy atom. The second-order valence-corrected chi connectivity index (χ2v) is 5.29. The molecule has 0 amide bonds. The minimum Gasteiger partial charge on any atom is -0.461 e. The largest absolute Gasteiger partial charge is 0.461 e. The third-order valence-corrected chi connectivity index (χ3v) is 3.35. The molecule has 0 aliphatic rings. The molecule has 0 bridgehead atoms. The maximum atomic E-state index is 13.3. The maximum absolute atomic E-state index is 13.3. The molecule has 0 radical (unpaired) electrons. The van der Waals surface area contributed by atoms with Crippen molar-refractivity contribution in [1.29, 1.82) is 0 Å². The smallest absolute Gasteiger partial charge is 0.134 e. The van der Waals surface area contributed by atoms with E-state index >= 15 is 0 Å². The fourth-order valence-electron chi connectivity index (χ4n) is 2.21. The van der Waals surface area contributed by atoms with Gasteiger partial charge in [-0.2, -0.15) is 0 Å². The van der Waals surface area contributed by atoms with Crippen molar-refractivity contribution in [3.8, 4) is 11.3 Å². The highest BCUT2D eigenvalue weighted by atomic mass is 19.1. The van der Waals surface area contributed by atoms with Gasteiger partial charge in [-0.1, -0.05) is 6.92 Å². The first-order valence-corrected chi connectivity index (χ1v) is 7.18. The van der Waals surface area contributed by atoms with Gasteiger partial charge in [0.15, 0.2) is 0 Å². The van der Waals surface area contributed by atoms with Gasteiger partial charge in [0.05, 0.1) is 0 Å². The number of hydrogen-bond acceptors (Lipinski definition) is 2. The Morgan fingerprint density at radius 1 is 1.25 bits per heavy atom. The van der Waals surface area contributed by atoms with Gasteiger partial charge in [0.1, 0.15) is 17.3 Å². The van der Waals surface area contributed by atoms with E-state index in [0.717, 1.165) is 36.5 Å². The third-order valence-electron chi connectivity index (χ3n) is 3.35. The summed E-state index contributed by atoms with van der Waals surface area (Å²) in [7, 11) is 0. The van der Waals surface area contributed by atoms with Gasteiger partial charge in [-0.15, -0.1) is 0 Å². The number of furan rings is 1. The molecule has 1 aromatic heterocycles. The summed E-state index contributed by atoms with van der Waals surface area (Å²) in [4.78, 5) is 0. The maximum Gasteiger partial charge on any atom is 0.134 e. The molecular weight excluding hydrogens is 253 g/mol. The average Bonchev–Trinajstić information content (AvgIpc) is 2.88. The van der Waals surface area contributed by atoms with E-state index in [-0.39, 0.29) is 5.82 Å². The van der Waals surface area contributed by atoms with Crippen molar-refractivity contribution in [3.05, 3.63) is 47.5 Å². The minimum atomic E-state index is -0.182. The van der Waals surface area contributed by atoms with Crippen LogP contribution in [0.3, 0.4) is 0 Å². The highest BCUT2D eigenvalue weighted by Gasteiger charge is 2.09. The lowest BCUT2D eigenvalue weighted by molar-refractivity contribution is 0.464. The second-order valence-electron chi connectivity index (χ2n) is 5.29. The Kier molecular flexibility index (Phi) is 4.96. The van der Waals surface area contributed by atoms with Crippen LogP contribution in [0.1, 0.15) is 31.6 Å². The molecule has 2 aromatic rings. The van der Waals surface area contributed by atoms with Gasteiger partial charge < -0.3 is 9.73 Å². The van der Waals surface area contributed by atoms with E-state index in [1.807, 2.05) is 18.2 Å². The van der Waals surface area contributed by atoms with Crippen LogP contribution in [-0.4, -0.2) is 12.6 Å². The van der Waals surface area contributed by atoms with E-state index in [1.165, 1.54) is 6.07 Å². The van der Waals surface area contributed by atoms with Crippen LogP contribution in [0.25, 0.3) is 11.3 Å². The van der Waals surface area contributed by atoms with Crippen LogP contribution < -0.4 is 5.32 Å². The molecule has 1 atom stereocenters. The van der Waals surface area contributed by atoms with Crippen LogP contribution in [0.2, 0.25) is 0 Å². The van der Waals surface area contributed by atoms with E-state index < -0.39 is 0 Å². The summed E-state index contributed by atoms with van der Waals surface area (Å²) < 4.78 is 19.1. The van der Waals surface area contributed by atoms with Crippen molar-refractivity contribution in [2.24, 2.45) is 0 Å². The van der Waals surface area contributed by atoms with Crippen LogP contribution >= 0.6 is 0 Å². The number of rotatable bonds is 6. The van der Waals surface area contributed by atoms with Gasteiger partial charge in [-0.25, -0.2) is 4.39 Å². The van der Waals surface area contributed by atoms with Crippen LogP contribution in [0.5, 0.6) is 0 Å². The molecule has 0 saturated carbocycles. The Morgan fingerprint density at radius 3 is 2.75 bits per heavy atom. The van der Waals surface area contributed by atoms with Gasteiger partial charge in [0, 0.05) is 18.0 Å². The van der Waals surface area contributed by atoms with Crippen molar-refractivity contribution in [1.82, 2.24) is 5.32 Å². The van der Waals surface area contributed by atoms with E-state index in [2.05, 4.69) is 19.2 Å². The topological polar surface area (TPSA) is 25.2 Å². The molecule has 0 fully saturated rings. The van der Waals surface area contributed by atoms with Gasteiger partial charge in [-0.05, 0) is 62.7 Å². The average molecular weight is 275 g/mol. The highest BCUT2D eigenvalue weighted by molar-refractivity contribution is 5.58. The summed E-state index contributed by atoms with van der Waals surface area (Å²) in [6.45, 7) is 7.09. The first-order valence-electron chi connectivity index (χ1n) is 7.18. The predicted molar refractivity (Wildman–Crippen MR) is 80.3 cm³/mol. The summed E-state index contributed by atoms with van der Waals surface area (Å²) in [5, 5.41) is 3.44. The first kappa shape index (κ1) is 14.8. The summed E-state index contributed by atoms with van der Waals surface area (Å²) in [6, 6.07) is 9.40. The van der Waals surface area contributed by atoms with Crippen molar-refractivity contribution >= 4 is 0 Å². The Balaban J connectivity index is 2.06. The highest BCUT2D eigenvalue weighted by Crippen LogP contribution is 2.24. The standard InChI is InChI=1S/C17H22FNO/c1-4-9-19-13(3)11-15-6-8-17(20-15)14-5-7-16(18)12(2)10-14/h5-8,10,13,19H,4,9,11H2,1-3H3. The molecule has 20 heavy (non-hydrogen) atoms. The van der Waals surface area contributed by atoms with E-state index in [9.17, 15) is 4.39 Å². The third kappa shape index (κ3) is 3.70. The Hall–Kier alpha value is -1.61. The zero-order valence-electron chi connectivity index (χ0n) is 12.4. The molecule has 2 rings (SSSR count). The van der Waals surface area contributed by atoms with Gasteiger partial charge >= 0.3 is 0 Å². The number of benzene rings is 1. The fourth-order valence-corrected chi connectivity index (χ4v) is 2.21. The second kappa shape index (κ2) is 6.71. The van der Waals surface area contributed by atoms with Crippen LogP contribution in [0, 0.1) is 12.7 Å². The van der Waals surface area contributed by atoms with Gasteiger partial charge in [-0.3, -0.25) is 0 Å². The quantitative estimate of drug-likeness (QED) is 0.849. The molecular formula is C17H22FNO. The molecule has 0 aliphatic heterocycles. The summed E-state index contributed by atoms with van der Waals surface area (Å²) in [6.07, 6.45) is 1.99. The van der Waals surface area contributed by atoms with Gasteiger partial charge in [0.25, 0.3) is 0 Å². The monoisotopic (exact) mass is 275 g/mol. The van der Waals surface area contributed by atoms with Crippen molar-refractivity contribution in [2.75, 3.05) is 6.54 Å². The molecule has 0 saturated heterocycles. The lowest BCUT2D eigenvalue weighted by Crippen LogP contribution is -2.28. The zero-order chi connectivity index (χ0) is 14.5. The number of hydrogen-bond donors (Lipinski definition) is 1. The lowest BCUT2D eigenvalue weighted by atomic mass is 10.1. The minimum absolute atomic E-state index is 0.182. The lowest BCUT2D eigenvalue weighted by Gasteiger charge is -2.11. The molecule has 1 aromatic carbocycles. The molecule has 1 heterocycles. The van der Waals surface area contributed by atoms with E-state index in [4.69, 9.17) is 4.42 Å². The molecule has 1 unspecified atom stereocenters. The summed E-state index contributed by atoms with van der Waals surface area (Å²) >= 11 is 0. The molecule has 3 heteroatoms. The van der Waals surface area contributed by atoms with E-state index in [1.54, 1.807) is 13.0 Å². The molecule has 0 spiro atoms. The van der Waals surface area contributed by atoms with Crippen molar-refractivity contribution in [3.63, 3.8) is 0 Å². The summed E-state index contributed by atoms with van der Waals surface area (Å²) in [5.74, 6) is 1.57. The summed E-state index contributed by atoms with van der Waals surface area (Å²) in [5.41, 5.74) is 1.56. The molecule has 2 nitrogen and oxygen atoms in total. The van der Waals surface area contributed by atoms with Crippen LogP contribution in [0.4, 0.5) is 4.39 Å². The van der Waals surface area contributed by atoms with E-state index in [0.29, 0.717) is 11.6 Å². The van der Waals surface area contributed by atoms with Crippen molar-refractivity contribution < 1.29 is 8.81 Å². The molecule has 108 valence electrons. The Labute approximate surface area is 120 Å². The van der Waals surface area contributed by atoms with Crippen LogP contribution in [0.15, 0.2) is 34.7 Å². The van der Waals surface area contributed by atoms with Gasteiger partial charge in [0.2, 0.25) is 0 Å². The van der Waals surface area contributed by atoms with Crippen LogP contribution in [-0.2, 0) is 6.42 Å².